The monoisotopic (exact) mass is 448 g/mol. The first kappa shape index (κ1) is 17.7. The summed E-state index contributed by atoms with van der Waals surface area (Å²) in [7, 11) is -3.44. The Balaban J connectivity index is 2.04. The van der Waals surface area contributed by atoms with E-state index in [9.17, 15) is 17.6 Å². The Bertz CT molecular complexity index is 840. The van der Waals surface area contributed by atoms with Crippen LogP contribution >= 0.6 is 22.6 Å². The highest BCUT2D eigenvalue weighted by Crippen LogP contribution is 2.19. The summed E-state index contributed by atoms with van der Waals surface area (Å²) >= 11 is 2.12. The molecule has 0 aliphatic heterocycles. The van der Waals surface area contributed by atoms with Gasteiger partial charge in [-0.1, -0.05) is 6.07 Å². The summed E-state index contributed by atoms with van der Waals surface area (Å²) in [5, 5.41) is 5.28. The zero-order chi connectivity index (χ0) is 17.0. The summed E-state index contributed by atoms with van der Waals surface area (Å²) in [5.41, 5.74) is 0.597. The average molecular weight is 448 g/mol. The second kappa shape index (κ2) is 7.26. The van der Waals surface area contributed by atoms with Crippen molar-refractivity contribution in [3.63, 3.8) is 0 Å². The van der Waals surface area contributed by atoms with Crippen molar-refractivity contribution in [1.82, 2.24) is 0 Å². The molecule has 1 amide bonds. The van der Waals surface area contributed by atoms with Crippen molar-refractivity contribution in [2.75, 3.05) is 23.4 Å². The Kier molecular flexibility index (Phi) is 5.58. The van der Waals surface area contributed by atoms with Gasteiger partial charge in [-0.2, -0.15) is 0 Å². The quantitative estimate of drug-likeness (QED) is 0.545. The van der Waals surface area contributed by atoms with Crippen LogP contribution in [0.4, 0.5) is 15.8 Å². The second-order valence-electron chi connectivity index (χ2n) is 4.83. The summed E-state index contributed by atoms with van der Waals surface area (Å²) in [4.78, 5) is 11.9. The molecule has 5 nitrogen and oxygen atoms in total. The molecule has 0 atom stereocenters. The van der Waals surface area contributed by atoms with Gasteiger partial charge in [-0.3, -0.25) is 4.79 Å². The molecule has 0 saturated heterocycles. The van der Waals surface area contributed by atoms with Gasteiger partial charge in [-0.05, 0) is 59.0 Å². The van der Waals surface area contributed by atoms with Crippen LogP contribution in [0.3, 0.4) is 0 Å². The number of hydrogen-bond donors (Lipinski definition) is 2. The van der Waals surface area contributed by atoms with E-state index in [0.717, 1.165) is 15.9 Å². The van der Waals surface area contributed by atoms with Gasteiger partial charge in [-0.15, -0.1) is 0 Å². The molecule has 2 aromatic rings. The van der Waals surface area contributed by atoms with Crippen LogP contribution in [0, 0.1) is 9.39 Å². The lowest BCUT2D eigenvalue weighted by molar-refractivity contribution is -0.114. The maximum absolute atomic E-state index is 13.7. The molecular weight excluding hydrogens is 434 g/mol. The number of hydrogen-bond acceptors (Lipinski definition) is 4. The van der Waals surface area contributed by atoms with Gasteiger partial charge in [-0.25, -0.2) is 12.8 Å². The molecule has 8 heteroatoms. The Morgan fingerprint density at radius 2 is 1.96 bits per heavy atom. The van der Waals surface area contributed by atoms with Crippen LogP contribution in [0.5, 0.6) is 0 Å². The van der Waals surface area contributed by atoms with Gasteiger partial charge in [0.05, 0.1) is 17.1 Å². The molecule has 0 bridgehead atoms. The summed E-state index contributed by atoms with van der Waals surface area (Å²) < 4.78 is 37.6. The Labute approximate surface area is 147 Å². The summed E-state index contributed by atoms with van der Waals surface area (Å²) in [6.07, 6.45) is 1.04. The minimum atomic E-state index is -3.44. The van der Waals surface area contributed by atoms with Crippen molar-refractivity contribution < 1.29 is 17.6 Å². The van der Waals surface area contributed by atoms with Crippen molar-refractivity contribution >= 4 is 49.7 Å². The van der Waals surface area contributed by atoms with E-state index < -0.39 is 15.7 Å². The molecule has 2 N–H and O–H groups in total. The van der Waals surface area contributed by atoms with E-state index in [4.69, 9.17) is 0 Å². The van der Waals surface area contributed by atoms with Crippen molar-refractivity contribution in [1.29, 1.82) is 0 Å². The molecule has 2 aromatic carbocycles. The number of halogens is 2. The Morgan fingerprint density at radius 1 is 1.22 bits per heavy atom. The fourth-order valence-electron chi connectivity index (χ4n) is 1.82. The molecule has 0 heterocycles. The van der Waals surface area contributed by atoms with E-state index in [0.29, 0.717) is 5.69 Å². The fraction of sp³-hybridized carbons (Fsp3) is 0.133. The minimum absolute atomic E-state index is 0.0144. The third kappa shape index (κ3) is 5.17. The lowest BCUT2D eigenvalue weighted by atomic mass is 10.3. The number of carbonyl (C=O) groups excluding carboxylic acids is 1. The van der Waals surface area contributed by atoms with Crippen LogP contribution in [-0.2, 0) is 14.6 Å². The van der Waals surface area contributed by atoms with Gasteiger partial charge in [0.25, 0.3) is 0 Å². The van der Waals surface area contributed by atoms with Gasteiger partial charge in [0, 0.05) is 15.5 Å². The van der Waals surface area contributed by atoms with E-state index in [2.05, 4.69) is 33.2 Å². The number of carbonyl (C=O) groups is 1. The van der Waals surface area contributed by atoms with Crippen LogP contribution in [0.25, 0.3) is 0 Å². The summed E-state index contributed by atoms with van der Waals surface area (Å²) in [6.45, 7) is -0.185. The molecule has 0 saturated carbocycles. The molecule has 0 aromatic heterocycles. The molecule has 0 aliphatic rings. The first-order valence-electron chi connectivity index (χ1n) is 6.54. The van der Waals surface area contributed by atoms with Crippen LogP contribution in [0.1, 0.15) is 0 Å². The molecule has 0 aliphatic carbocycles. The predicted molar refractivity (Wildman–Crippen MR) is 95.8 cm³/mol. The molecule has 0 spiro atoms. The van der Waals surface area contributed by atoms with E-state index in [1.807, 2.05) is 6.07 Å². The normalized spacial score (nSPS) is 11.1. The topological polar surface area (TPSA) is 75.3 Å². The Morgan fingerprint density at radius 3 is 2.61 bits per heavy atom. The van der Waals surface area contributed by atoms with Crippen molar-refractivity contribution in [2.45, 2.75) is 4.90 Å². The van der Waals surface area contributed by atoms with Gasteiger partial charge in [0.2, 0.25) is 5.91 Å². The lowest BCUT2D eigenvalue weighted by Crippen LogP contribution is -2.22. The smallest absolute Gasteiger partial charge is 0.243 e. The van der Waals surface area contributed by atoms with E-state index >= 15 is 0 Å². The standard InChI is InChI=1S/C15H14FIN2O3S/c1-23(21,22)12-5-6-13(16)14(8-12)18-9-15(20)19-11-4-2-3-10(17)7-11/h2-8,18H,9H2,1H3,(H,19,20). The lowest BCUT2D eigenvalue weighted by Gasteiger charge is -2.10. The first-order valence-corrected chi connectivity index (χ1v) is 9.51. The summed E-state index contributed by atoms with van der Waals surface area (Å²) in [5.74, 6) is -0.990. The van der Waals surface area contributed by atoms with Crippen molar-refractivity contribution in [2.24, 2.45) is 0 Å². The van der Waals surface area contributed by atoms with Crippen molar-refractivity contribution in [3.05, 3.63) is 51.9 Å². The van der Waals surface area contributed by atoms with Gasteiger partial charge in [0.1, 0.15) is 5.82 Å². The van der Waals surface area contributed by atoms with Crippen LogP contribution < -0.4 is 10.6 Å². The molecule has 122 valence electrons. The van der Waals surface area contributed by atoms with Crippen LogP contribution in [0.15, 0.2) is 47.4 Å². The number of sulfone groups is 1. The van der Waals surface area contributed by atoms with E-state index in [-0.39, 0.29) is 23.0 Å². The van der Waals surface area contributed by atoms with Gasteiger partial charge in [0.15, 0.2) is 9.84 Å². The number of nitrogens with one attached hydrogen (secondary N) is 2. The molecule has 23 heavy (non-hydrogen) atoms. The largest absolute Gasteiger partial charge is 0.374 e. The van der Waals surface area contributed by atoms with Gasteiger partial charge >= 0.3 is 0 Å². The second-order valence-corrected chi connectivity index (χ2v) is 8.09. The third-order valence-electron chi connectivity index (χ3n) is 2.91. The van der Waals surface area contributed by atoms with Crippen LogP contribution in [-0.4, -0.2) is 27.1 Å². The maximum atomic E-state index is 13.7. The first-order chi connectivity index (χ1) is 10.8. The number of benzene rings is 2. The summed E-state index contributed by atoms with van der Waals surface area (Å²) in [6, 6.07) is 10.6. The highest BCUT2D eigenvalue weighted by molar-refractivity contribution is 14.1. The predicted octanol–water partition coefficient (Wildman–Crippen LogP) is 2.88. The fourth-order valence-corrected chi connectivity index (χ4v) is 3.01. The highest BCUT2D eigenvalue weighted by Gasteiger charge is 2.12. The molecule has 0 radical (unpaired) electrons. The minimum Gasteiger partial charge on any atom is -0.374 e. The Hall–Kier alpha value is -1.68. The number of amides is 1. The van der Waals surface area contributed by atoms with E-state index in [1.54, 1.807) is 18.2 Å². The average Bonchev–Trinajstić information content (AvgIpc) is 2.45. The highest BCUT2D eigenvalue weighted by atomic mass is 127. The zero-order valence-electron chi connectivity index (χ0n) is 12.1. The van der Waals surface area contributed by atoms with Gasteiger partial charge < -0.3 is 10.6 Å². The molecule has 2 rings (SSSR count). The number of anilines is 2. The SMILES string of the molecule is CS(=O)(=O)c1ccc(F)c(NCC(=O)Nc2cccc(I)c2)c1. The third-order valence-corrected chi connectivity index (χ3v) is 4.69. The van der Waals surface area contributed by atoms with E-state index in [1.165, 1.54) is 12.1 Å². The molecule has 0 fully saturated rings. The molecule has 0 unspecified atom stereocenters. The van der Waals surface area contributed by atoms with Crippen molar-refractivity contribution in [3.8, 4) is 0 Å². The number of rotatable bonds is 5. The molecular formula is C15H14FIN2O3S. The van der Waals surface area contributed by atoms with Crippen LogP contribution in [0.2, 0.25) is 0 Å². The maximum Gasteiger partial charge on any atom is 0.243 e. The zero-order valence-corrected chi connectivity index (χ0v) is 15.1.